The molecule has 7 saturated heterocycles. The van der Waals surface area contributed by atoms with Gasteiger partial charge in [-0.25, -0.2) is 0 Å². The Morgan fingerprint density at radius 1 is 0.568 bits per heavy atom. The number of rotatable bonds is 4. The summed E-state index contributed by atoms with van der Waals surface area (Å²) in [5.41, 5.74) is -7.04. The summed E-state index contributed by atoms with van der Waals surface area (Å²) < 4.78 is 72.1. The topological polar surface area (TPSA) is 486 Å². The number of carbonyl (C=O) groups excluding carboxylic acids is 3. The second-order valence-electron chi connectivity index (χ2n) is 31.1. The highest BCUT2D eigenvalue weighted by molar-refractivity contribution is 5.80. The van der Waals surface area contributed by atoms with Crippen molar-refractivity contribution >= 4 is 17.9 Å². The van der Waals surface area contributed by atoms with Gasteiger partial charge in [0, 0.05) is 5.41 Å². The van der Waals surface area contributed by atoms with Crippen LogP contribution in [0.5, 0.6) is 0 Å². The third-order valence-electron chi connectivity index (χ3n) is 24.3. The molecule has 11 fully saturated rings. The standard InChI is InChI=1S/C64H100O31/c1-25-47-48(91-52-44(79)38(73)29(68)21-85-52)46(81)54(87-25)92-49-39(74)30(69)22-86-55(49)95-57(82)64-14-13-58(2,3)15-27(64)26-9-10-34-60(5)16-28(67)51(61(6,24-66)33(60)11-12-62(34,7)63(26,8)17-35(64)70)94-56-50(43(78)40(75)31(20-65)88-56)93-53-45(80)42(77)41(76)32(89-53)23-84-36(71)18-59(4,83)19-37(72)90-47/h9,25,27-35,38-56,65-70,73-81,83H,10-24H2,1-8H3/t25-,27-,28-,29+,30-,31+,32-,33+,34+,35+,38-,39-,40+,41-,42+,43-,44+,45-,46+,47-,48-,49+,50+,51-,52-,53-,54-,55-,56-,59-,60-,61-,62+,63+,64+/m1/s1. The van der Waals surface area contributed by atoms with Crippen LogP contribution in [0.15, 0.2) is 11.6 Å². The van der Waals surface area contributed by atoms with E-state index in [9.17, 15) is 91.3 Å². The highest BCUT2D eigenvalue weighted by Crippen LogP contribution is 2.76. The second kappa shape index (κ2) is 26.8. The second-order valence-corrected chi connectivity index (χ2v) is 31.1. The van der Waals surface area contributed by atoms with E-state index < -0.39 is 268 Å². The predicted molar refractivity (Wildman–Crippen MR) is 314 cm³/mol. The summed E-state index contributed by atoms with van der Waals surface area (Å²) in [7, 11) is 0. The number of hydrogen-bond donors (Lipinski definition) is 16. The van der Waals surface area contributed by atoms with Crippen molar-refractivity contribution in [2.75, 3.05) is 33.0 Å². The van der Waals surface area contributed by atoms with E-state index in [1.165, 1.54) is 6.92 Å². The van der Waals surface area contributed by atoms with Crippen molar-refractivity contribution in [1.82, 2.24) is 0 Å². The van der Waals surface area contributed by atoms with Crippen LogP contribution in [0.1, 0.15) is 120 Å². The molecule has 0 amide bonds. The van der Waals surface area contributed by atoms with Gasteiger partial charge in [-0.05, 0) is 105 Å². The normalized spacial score (nSPS) is 54.8. The maximum atomic E-state index is 15.7. The first-order valence-electron chi connectivity index (χ1n) is 33.3. The Morgan fingerprint density at radius 3 is 1.91 bits per heavy atom. The molecule has 4 saturated carbocycles. The van der Waals surface area contributed by atoms with Gasteiger partial charge in [-0.2, -0.15) is 0 Å². The number of ether oxygens (including phenoxy) is 12. The van der Waals surface area contributed by atoms with E-state index in [0.29, 0.717) is 32.1 Å². The van der Waals surface area contributed by atoms with Crippen molar-refractivity contribution in [2.24, 2.45) is 50.2 Å². The van der Waals surface area contributed by atoms with Gasteiger partial charge in [-0.1, -0.05) is 53.2 Å². The highest BCUT2D eigenvalue weighted by atomic mass is 16.8. The molecule has 9 aliphatic heterocycles. The zero-order chi connectivity index (χ0) is 69.4. The number of aliphatic hydroxyl groups is 16. The summed E-state index contributed by atoms with van der Waals surface area (Å²) in [4.78, 5) is 43.1. The van der Waals surface area contributed by atoms with Crippen LogP contribution in [0.25, 0.3) is 0 Å². The molecule has 0 aromatic heterocycles. The predicted octanol–water partition coefficient (Wildman–Crippen LogP) is -4.34. The van der Waals surface area contributed by atoms with Gasteiger partial charge >= 0.3 is 17.9 Å². The Balaban J connectivity index is 0.966. The summed E-state index contributed by atoms with van der Waals surface area (Å²) in [6.45, 7) is 11.1. The van der Waals surface area contributed by atoms with E-state index in [1.807, 2.05) is 0 Å². The molecule has 31 heteroatoms. The molecule has 35 atom stereocenters. The lowest BCUT2D eigenvalue weighted by molar-refractivity contribution is -0.384. The third-order valence-corrected chi connectivity index (χ3v) is 24.3. The van der Waals surface area contributed by atoms with Gasteiger partial charge in [0.1, 0.15) is 104 Å². The Kier molecular flexibility index (Phi) is 20.7. The average molecular weight is 1370 g/mol. The van der Waals surface area contributed by atoms with Crippen LogP contribution in [0.3, 0.4) is 0 Å². The van der Waals surface area contributed by atoms with Gasteiger partial charge in [-0.15, -0.1) is 0 Å². The van der Waals surface area contributed by atoms with E-state index in [2.05, 4.69) is 40.7 Å². The molecule has 14 rings (SSSR count). The largest absolute Gasteiger partial charge is 0.463 e. The molecule has 0 unspecified atom stereocenters. The van der Waals surface area contributed by atoms with Crippen molar-refractivity contribution in [3.8, 4) is 0 Å². The summed E-state index contributed by atoms with van der Waals surface area (Å²) in [6.07, 6.45) is -44.3. The van der Waals surface area contributed by atoms with E-state index in [-0.39, 0.29) is 30.6 Å². The van der Waals surface area contributed by atoms with Crippen molar-refractivity contribution in [3.05, 3.63) is 11.6 Å². The molecule has 0 aromatic rings. The van der Waals surface area contributed by atoms with Gasteiger partial charge in [0.2, 0.25) is 6.29 Å². The Hall–Kier alpha value is -2.85. The first kappa shape index (κ1) is 73.4. The minimum atomic E-state index is -2.32. The van der Waals surface area contributed by atoms with E-state index in [0.717, 1.165) is 12.5 Å². The molecule has 12 bridgehead atoms. The number of esters is 3. The SMILES string of the molecule is C[C@H]1O[C@@H]2O[C@@H]3[C@H](OC[C@@H](O)[C@H]3O)OC(=O)[C@@]34CCC(C)(C)C[C@@H]3C3=CC[C@H]5[C@]6(C)C[C@@H](O)[C@@H](O[C@H]7O[C@@H](CO)[C@H](O)[C@@H](O)[C@@H]7O[C@H]7O[C@H](COC(=O)C[C@@](C)(O)CC(=O)O[C@H]1[C@H](O[C@H]1OC[C@H](O)[C@@H](O)[C@@H]1O)[C@@H]2O)[C@@H](O)[C@H](O)[C@H]7O)[C@](C)(CO)[C@H]6CC[C@]5(C)[C@@]3(C)C[C@@H]4O. The molecular formula is C64H100O31. The fourth-order valence-electron chi connectivity index (χ4n) is 18.8. The molecule has 5 aliphatic carbocycles. The summed E-state index contributed by atoms with van der Waals surface area (Å²) >= 11 is 0. The van der Waals surface area contributed by atoms with Gasteiger partial charge in [-0.3, -0.25) is 14.4 Å². The maximum Gasteiger partial charge on any atom is 0.317 e. The maximum absolute atomic E-state index is 15.7. The minimum Gasteiger partial charge on any atom is -0.463 e. The summed E-state index contributed by atoms with van der Waals surface area (Å²) in [6, 6.07) is 0. The van der Waals surface area contributed by atoms with Gasteiger partial charge in [0.25, 0.3) is 0 Å². The quantitative estimate of drug-likeness (QED) is 0.0547. The summed E-state index contributed by atoms with van der Waals surface area (Å²) in [5.74, 6) is -4.74. The monoisotopic (exact) mass is 1360 g/mol. The first-order chi connectivity index (χ1) is 44.4. The zero-order valence-corrected chi connectivity index (χ0v) is 54.7. The molecule has 0 aromatic carbocycles. The molecule has 0 radical (unpaired) electrons. The van der Waals surface area contributed by atoms with Crippen LogP contribution < -0.4 is 0 Å². The Bertz CT molecular complexity index is 2790. The summed E-state index contributed by atoms with van der Waals surface area (Å²) in [5, 5.41) is 183. The van der Waals surface area contributed by atoms with Crippen molar-refractivity contribution in [3.63, 3.8) is 0 Å². The Morgan fingerprint density at radius 2 is 1.22 bits per heavy atom. The Labute approximate surface area is 549 Å². The van der Waals surface area contributed by atoms with Crippen molar-refractivity contribution in [1.29, 1.82) is 0 Å². The highest BCUT2D eigenvalue weighted by Gasteiger charge is 2.73. The number of hydrogen-bond acceptors (Lipinski definition) is 31. The fourth-order valence-corrected chi connectivity index (χ4v) is 18.8. The molecular weight excluding hydrogens is 1260 g/mol. The number of allylic oxidation sites excluding steroid dienone is 2. The third kappa shape index (κ3) is 12.7. The minimum absolute atomic E-state index is 0.0545. The van der Waals surface area contributed by atoms with Crippen LogP contribution in [-0.4, -0.2) is 298 Å². The molecule has 1 spiro atoms. The van der Waals surface area contributed by atoms with Crippen LogP contribution in [0, 0.1) is 50.2 Å². The number of carbonyl (C=O) groups is 3. The fraction of sp³-hybridized carbons (Fsp3) is 0.922. The van der Waals surface area contributed by atoms with Crippen LogP contribution in [-0.2, 0) is 71.2 Å². The molecule has 542 valence electrons. The van der Waals surface area contributed by atoms with E-state index in [1.54, 1.807) is 6.92 Å². The van der Waals surface area contributed by atoms with Gasteiger partial charge in [0.15, 0.2) is 37.4 Å². The molecule has 95 heavy (non-hydrogen) atoms. The molecule has 16 N–H and O–H groups in total. The van der Waals surface area contributed by atoms with Crippen LogP contribution in [0.4, 0.5) is 0 Å². The van der Waals surface area contributed by atoms with Crippen molar-refractivity contribution < 1.29 is 153 Å². The lowest BCUT2D eigenvalue weighted by Crippen LogP contribution is -2.71. The van der Waals surface area contributed by atoms with E-state index >= 15 is 4.79 Å². The van der Waals surface area contributed by atoms with Crippen LogP contribution >= 0.6 is 0 Å². The zero-order valence-electron chi connectivity index (χ0n) is 54.7. The molecule has 9 heterocycles. The molecule has 14 aliphatic rings. The lowest BCUT2D eigenvalue weighted by atomic mass is 9.33. The number of aliphatic hydroxyl groups excluding tert-OH is 15. The molecule has 31 nitrogen and oxygen atoms in total. The average Bonchev–Trinajstić information content (AvgIpc) is 0.670. The first-order valence-corrected chi connectivity index (χ1v) is 33.3. The smallest absolute Gasteiger partial charge is 0.317 e. The lowest BCUT2D eigenvalue weighted by Gasteiger charge is -2.72. The van der Waals surface area contributed by atoms with Gasteiger partial charge < -0.3 is 139 Å². The van der Waals surface area contributed by atoms with Crippen molar-refractivity contribution in [2.45, 2.75) is 285 Å². The van der Waals surface area contributed by atoms with Gasteiger partial charge in [0.05, 0.1) is 69.3 Å². The van der Waals surface area contributed by atoms with E-state index in [4.69, 9.17) is 56.8 Å². The van der Waals surface area contributed by atoms with Crippen LogP contribution in [0.2, 0.25) is 0 Å².